The van der Waals surface area contributed by atoms with Crippen LogP contribution in [0.1, 0.15) is 46.0 Å². The summed E-state index contributed by atoms with van der Waals surface area (Å²) < 4.78 is 0. The largest absolute Gasteiger partial charge is 0.390 e. The standard InChI is InChI=1S/C15H30N2O/c1-3-16(4-2)11-12-17-10-9-15(18)8-6-5-7-14(15)13-17/h14,18H,3-13H2,1-2H3. The van der Waals surface area contributed by atoms with E-state index in [-0.39, 0.29) is 5.60 Å². The molecule has 0 aromatic rings. The molecule has 1 saturated carbocycles. The molecule has 0 amide bonds. The van der Waals surface area contributed by atoms with Crippen LogP contribution in [0.25, 0.3) is 0 Å². The van der Waals surface area contributed by atoms with Crippen molar-refractivity contribution in [1.29, 1.82) is 0 Å². The fourth-order valence-corrected chi connectivity index (χ4v) is 3.67. The molecule has 3 nitrogen and oxygen atoms in total. The lowest BCUT2D eigenvalue weighted by molar-refractivity contribution is -0.0958. The maximum absolute atomic E-state index is 10.6. The van der Waals surface area contributed by atoms with Gasteiger partial charge in [0.2, 0.25) is 0 Å². The summed E-state index contributed by atoms with van der Waals surface area (Å²) in [5, 5.41) is 10.6. The van der Waals surface area contributed by atoms with E-state index in [0.29, 0.717) is 5.92 Å². The Kier molecular flexibility index (Phi) is 5.05. The van der Waals surface area contributed by atoms with Crippen LogP contribution in [-0.2, 0) is 0 Å². The van der Waals surface area contributed by atoms with Gasteiger partial charge in [0.1, 0.15) is 0 Å². The van der Waals surface area contributed by atoms with E-state index in [4.69, 9.17) is 0 Å². The highest BCUT2D eigenvalue weighted by atomic mass is 16.3. The van der Waals surface area contributed by atoms with Crippen molar-refractivity contribution in [1.82, 2.24) is 9.80 Å². The highest BCUT2D eigenvalue weighted by Crippen LogP contribution is 2.39. The van der Waals surface area contributed by atoms with Crippen LogP contribution < -0.4 is 0 Å². The smallest absolute Gasteiger partial charge is 0.0700 e. The van der Waals surface area contributed by atoms with Crippen molar-refractivity contribution in [3.05, 3.63) is 0 Å². The van der Waals surface area contributed by atoms with Crippen molar-refractivity contribution in [2.45, 2.75) is 51.6 Å². The fraction of sp³-hybridized carbons (Fsp3) is 1.00. The van der Waals surface area contributed by atoms with Crippen LogP contribution in [0.2, 0.25) is 0 Å². The quantitative estimate of drug-likeness (QED) is 0.812. The number of rotatable bonds is 5. The Morgan fingerprint density at radius 1 is 1.22 bits per heavy atom. The molecule has 2 fully saturated rings. The van der Waals surface area contributed by atoms with Crippen molar-refractivity contribution in [3.8, 4) is 0 Å². The number of hydrogen-bond acceptors (Lipinski definition) is 3. The van der Waals surface area contributed by atoms with Gasteiger partial charge in [0.25, 0.3) is 0 Å². The van der Waals surface area contributed by atoms with Gasteiger partial charge < -0.3 is 14.9 Å². The van der Waals surface area contributed by atoms with Crippen LogP contribution in [0.15, 0.2) is 0 Å². The summed E-state index contributed by atoms with van der Waals surface area (Å²) >= 11 is 0. The van der Waals surface area contributed by atoms with Gasteiger partial charge in [-0.3, -0.25) is 0 Å². The van der Waals surface area contributed by atoms with E-state index < -0.39 is 0 Å². The first kappa shape index (κ1) is 14.3. The average Bonchev–Trinajstić information content (AvgIpc) is 2.40. The summed E-state index contributed by atoms with van der Waals surface area (Å²) in [5.74, 6) is 0.539. The summed E-state index contributed by atoms with van der Waals surface area (Å²) in [5.41, 5.74) is -0.316. The van der Waals surface area contributed by atoms with E-state index >= 15 is 0 Å². The third-order valence-corrected chi connectivity index (χ3v) is 5.14. The number of piperidine rings is 1. The molecular weight excluding hydrogens is 224 g/mol. The zero-order chi connectivity index (χ0) is 13.0. The normalized spacial score (nSPS) is 33.7. The van der Waals surface area contributed by atoms with E-state index in [2.05, 4.69) is 23.6 Å². The molecule has 2 atom stereocenters. The van der Waals surface area contributed by atoms with Crippen molar-refractivity contribution >= 4 is 0 Å². The van der Waals surface area contributed by atoms with Gasteiger partial charge in [-0.2, -0.15) is 0 Å². The molecule has 3 heteroatoms. The maximum atomic E-state index is 10.6. The van der Waals surface area contributed by atoms with Gasteiger partial charge in [-0.25, -0.2) is 0 Å². The zero-order valence-corrected chi connectivity index (χ0v) is 12.2. The maximum Gasteiger partial charge on any atom is 0.0700 e. The molecule has 0 radical (unpaired) electrons. The summed E-state index contributed by atoms with van der Waals surface area (Å²) in [4.78, 5) is 5.06. The van der Waals surface area contributed by atoms with E-state index in [0.717, 1.165) is 39.0 Å². The van der Waals surface area contributed by atoms with Crippen molar-refractivity contribution < 1.29 is 5.11 Å². The van der Waals surface area contributed by atoms with E-state index in [1.807, 2.05) is 0 Å². The molecule has 0 spiro atoms. The van der Waals surface area contributed by atoms with Crippen LogP contribution in [-0.4, -0.2) is 59.8 Å². The van der Waals surface area contributed by atoms with E-state index in [9.17, 15) is 5.11 Å². The van der Waals surface area contributed by atoms with Crippen LogP contribution in [0.3, 0.4) is 0 Å². The summed E-state index contributed by atoms with van der Waals surface area (Å²) in [6.07, 6.45) is 5.82. The molecule has 2 rings (SSSR count). The molecule has 18 heavy (non-hydrogen) atoms. The van der Waals surface area contributed by atoms with Crippen LogP contribution in [0, 0.1) is 5.92 Å². The van der Waals surface area contributed by atoms with E-state index in [1.165, 1.54) is 32.4 Å². The molecule has 2 unspecified atom stereocenters. The highest BCUT2D eigenvalue weighted by molar-refractivity contribution is 4.95. The van der Waals surface area contributed by atoms with Gasteiger partial charge in [-0.15, -0.1) is 0 Å². The first-order valence-electron chi connectivity index (χ1n) is 7.85. The number of likely N-dealkylation sites (N-methyl/N-ethyl adjacent to an activating group) is 1. The highest BCUT2D eigenvalue weighted by Gasteiger charge is 2.42. The van der Waals surface area contributed by atoms with Crippen LogP contribution >= 0.6 is 0 Å². The number of aliphatic hydroxyl groups is 1. The van der Waals surface area contributed by atoms with Gasteiger partial charge in [-0.1, -0.05) is 26.7 Å². The van der Waals surface area contributed by atoms with E-state index in [1.54, 1.807) is 0 Å². The second-order valence-electron chi connectivity index (χ2n) is 6.12. The molecular formula is C15H30N2O. The minimum Gasteiger partial charge on any atom is -0.390 e. The molecule has 1 N–H and O–H groups in total. The molecule has 1 aliphatic heterocycles. The topological polar surface area (TPSA) is 26.7 Å². The predicted molar refractivity (Wildman–Crippen MR) is 75.8 cm³/mol. The molecule has 0 aromatic heterocycles. The van der Waals surface area contributed by atoms with Gasteiger partial charge in [0.05, 0.1) is 5.60 Å². The Balaban J connectivity index is 1.79. The first-order chi connectivity index (χ1) is 8.68. The summed E-state index contributed by atoms with van der Waals surface area (Å²) in [6, 6.07) is 0. The Morgan fingerprint density at radius 2 is 2.00 bits per heavy atom. The van der Waals surface area contributed by atoms with Crippen molar-refractivity contribution in [3.63, 3.8) is 0 Å². The Morgan fingerprint density at radius 3 is 2.72 bits per heavy atom. The summed E-state index contributed by atoms with van der Waals surface area (Å²) in [6.45, 7) is 11.3. The molecule has 1 saturated heterocycles. The first-order valence-corrected chi connectivity index (χ1v) is 7.85. The average molecular weight is 254 g/mol. The van der Waals surface area contributed by atoms with Crippen LogP contribution in [0.4, 0.5) is 0 Å². The molecule has 1 aliphatic carbocycles. The number of fused-ring (bicyclic) bond motifs is 1. The lowest BCUT2D eigenvalue weighted by Crippen LogP contribution is -2.54. The van der Waals surface area contributed by atoms with Crippen molar-refractivity contribution in [2.75, 3.05) is 39.3 Å². The minimum absolute atomic E-state index is 0.316. The molecule has 0 aromatic carbocycles. The number of likely N-dealkylation sites (tertiary alicyclic amines) is 1. The van der Waals surface area contributed by atoms with Gasteiger partial charge in [-0.05, 0) is 32.4 Å². The Hall–Kier alpha value is -0.120. The number of nitrogens with zero attached hydrogens (tertiary/aromatic N) is 2. The minimum atomic E-state index is -0.316. The predicted octanol–water partition coefficient (Wildman–Crippen LogP) is 1.96. The SMILES string of the molecule is CCN(CC)CCN1CCC2(O)CCCCC2C1. The van der Waals surface area contributed by atoms with Gasteiger partial charge >= 0.3 is 0 Å². The third-order valence-electron chi connectivity index (χ3n) is 5.14. The second kappa shape index (κ2) is 6.36. The van der Waals surface area contributed by atoms with Gasteiger partial charge in [0, 0.05) is 32.1 Å². The van der Waals surface area contributed by atoms with Gasteiger partial charge in [0.15, 0.2) is 0 Å². The second-order valence-corrected chi connectivity index (χ2v) is 6.12. The third kappa shape index (κ3) is 3.25. The molecule has 2 aliphatic rings. The molecule has 106 valence electrons. The fourth-order valence-electron chi connectivity index (χ4n) is 3.67. The lowest BCUT2D eigenvalue weighted by Gasteiger charge is -2.47. The molecule has 0 bridgehead atoms. The summed E-state index contributed by atoms with van der Waals surface area (Å²) in [7, 11) is 0. The monoisotopic (exact) mass is 254 g/mol. The van der Waals surface area contributed by atoms with Crippen LogP contribution in [0.5, 0.6) is 0 Å². The Bertz CT molecular complexity index is 255. The van der Waals surface area contributed by atoms with Crippen molar-refractivity contribution in [2.24, 2.45) is 5.92 Å². The lowest BCUT2D eigenvalue weighted by atomic mass is 9.71. The zero-order valence-electron chi connectivity index (χ0n) is 12.2. The molecule has 1 heterocycles. The number of hydrogen-bond donors (Lipinski definition) is 1. The Labute approximate surface area is 112 Å².